The molecular formula is C33H43BrS4Si. The van der Waals surface area contributed by atoms with Gasteiger partial charge in [0.15, 0.2) is 0 Å². The molecule has 39 heavy (non-hydrogen) atoms. The maximum atomic E-state index is 3.52. The fourth-order valence-electron chi connectivity index (χ4n) is 3.97. The topological polar surface area (TPSA) is 0 Å². The summed E-state index contributed by atoms with van der Waals surface area (Å²) in [6.45, 7) is 11.4. The van der Waals surface area contributed by atoms with Crippen LogP contribution in [0.2, 0.25) is 19.6 Å². The summed E-state index contributed by atoms with van der Waals surface area (Å²) in [7, 11) is -1.28. The van der Waals surface area contributed by atoms with Crippen LogP contribution in [0.1, 0.15) is 79.8 Å². The van der Waals surface area contributed by atoms with Crippen LogP contribution in [0.5, 0.6) is 0 Å². The average molecular weight is 676 g/mol. The number of halogens is 1. The third-order valence-corrected chi connectivity index (χ3v) is 12.3. The second-order valence-electron chi connectivity index (χ2n) is 10.9. The van der Waals surface area contributed by atoms with E-state index in [1.807, 2.05) is 45.3 Å². The summed E-state index contributed by atoms with van der Waals surface area (Å²) in [6, 6.07) is 17.9. The summed E-state index contributed by atoms with van der Waals surface area (Å²) < 4.78 is 1.21. The van der Waals surface area contributed by atoms with Gasteiger partial charge in [-0.15, -0.1) is 50.9 Å². The first kappa shape index (κ1) is 32.6. The van der Waals surface area contributed by atoms with Crippen LogP contribution in [0.3, 0.4) is 0 Å². The molecule has 0 saturated heterocycles. The van der Waals surface area contributed by atoms with E-state index in [0.29, 0.717) is 0 Å². The Bertz CT molecular complexity index is 1300. The molecule has 4 aromatic rings. The molecule has 0 spiro atoms. The van der Waals surface area contributed by atoms with Crippen molar-refractivity contribution in [3.8, 4) is 31.0 Å². The van der Waals surface area contributed by atoms with Gasteiger partial charge in [-0.05, 0) is 90.1 Å². The van der Waals surface area contributed by atoms with Crippen LogP contribution < -0.4 is 0 Å². The minimum absolute atomic E-state index is 1.20. The van der Waals surface area contributed by atoms with Gasteiger partial charge >= 0.3 is 0 Å². The van der Waals surface area contributed by atoms with Crippen molar-refractivity contribution >= 4 is 69.4 Å². The molecule has 0 fully saturated rings. The predicted molar refractivity (Wildman–Crippen MR) is 189 cm³/mol. The van der Waals surface area contributed by atoms with E-state index in [1.165, 1.54) is 102 Å². The Kier molecular flexibility index (Phi) is 14.3. The molecule has 0 aliphatic heterocycles. The molecule has 210 valence electrons. The molecule has 0 saturated carbocycles. The summed E-state index contributed by atoms with van der Waals surface area (Å²) in [4.78, 5) is 9.80. The van der Waals surface area contributed by atoms with Gasteiger partial charge in [0.1, 0.15) is 8.07 Å². The molecule has 0 aliphatic carbocycles. The van der Waals surface area contributed by atoms with Crippen molar-refractivity contribution in [1.82, 2.24) is 0 Å². The second kappa shape index (κ2) is 17.1. The number of hydrogen-bond donors (Lipinski definition) is 0. The zero-order valence-corrected chi connectivity index (χ0v) is 30.1. The van der Waals surface area contributed by atoms with Crippen molar-refractivity contribution in [1.29, 1.82) is 0 Å². The van der Waals surface area contributed by atoms with E-state index in [0.717, 1.165) is 0 Å². The molecule has 0 atom stereocenters. The van der Waals surface area contributed by atoms with E-state index in [-0.39, 0.29) is 0 Å². The van der Waals surface area contributed by atoms with Crippen molar-refractivity contribution in [2.45, 2.75) is 97.7 Å². The largest absolute Gasteiger partial charge is 0.139 e. The van der Waals surface area contributed by atoms with Gasteiger partial charge in [0.25, 0.3) is 0 Å². The monoisotopic (exact) mass is 674 g/mol. The lowest BCUT2D eigenvalue weighted by molar-refractivity contribution is 0.670. The summed E-state index contributed by atoms with van der Waals surface area (Å²) >= 11 is 11.1. The minimum atomic E-state index is -1.28. The Balaban J connectivity index is 0.000000223. The van der Waals surface area contributed by atoms with Gasteiger partial charge in [0.05, 0.1) is 8.66 Å². The average Bonchev–Trinajstić information content (AvgIpc) is 3.70. The standard InChI is InChI=1S/C19H26S2Si.C14H17BrS2/c1-5-6-7-8-9-16-10-12-18(20-16)19-13-11-17(21-19)14-15-22(2,3)4;1-2-3-4-5-6-11-7-8-12(16-11)13-9-10-14(15)17-13/h10-13H,5-9H2,1-4H3;7-10H,2-6H2,1H3. The van der Waals surface area contributed by atoms with Crippen molar-refractivity contribution in [2.75, 3.05) is 0 Å². The molecule has 0 nitrogen and oxygen atoms in total. The molecule has 0 N–H and O–H groups in total. The van der Waals surface area contributed by atoms with Gasteiger partial charge in [-0.25, -0.2) is 0 Å². The Morgan fingerprint density at radius 1 is 0.590 bits per heavy atom. The van der Waals surface area contributed by atoms with Crippen LogP contribution in [0, 0.1) is 11.5 Å². The van der Waals surface area contributed by atoms with Crippen LogP contribution in [0.25, 0.3) is 19.5 Å². The second-order valence-corrected chi connectivity index (χ2v) is 21.6. The number of unbranched alkanes of at least 4 members (excludes halogenated alkanes) is 6. The number of hydrogen-bond acceptors (Lipinski definition) is 4. The van der Waals surface area contributed by atoms with Crippen LogP contribution in [0.15, 0.2) is 52.3 Å². The van der Waals surface area contributed by atoms with E-state index >= 15 is 0 Å². The number of aryl methyl sites for hydroxylation is 2. The maximum Gasteiger partial charge on any atom is 0.129 e. The van der Waals surface area contributed by atoms with Gasteiger partial charge in [-0.1, -0.05) is 77.9 Å². The number of thiophene rings is 4. The van der Waals surface area contributed by atoms with Crippen molar-refractivity contribution in [3.63, 3.8) is 0 Å². The van der Waals surface area contributed by atoms with E-state index in [2.05, 4.69) is 109 Å². The van der Waals surface area contributed by atoms with Crippen LogP contribution >= 0.6 is 61.3 Å². The Labute approximate surface area is 263 Å². The molecule has 0 radical (unpaired) electrons. The van der Waals surface area contributed by atoms with Crippen molar-refractivity contribution in [3.05, 3.63) is 66.9 Å². The van der Waals surface area contributed by atoms with E-state index < -0.39 is 8.07 Å². The first-order valence-corrected chi connectivity index (χ1v) is 21.9. The van der Waals surface area contributed by atoms with Gasteiger partial charge in [0.2, 0.25) is 0 Å². The zero-order chi connectivity index (χ0) is 28.1. The Hall–Kier alpha value is -0.943. The Morgan fingerprint density at radius 2 is 1.08 bits per heavy atom. The third kappa shape index (κ3) is 12.2. The molecule has 4 aromatic heterocycles. The Morgan fingerprint density at radius 3 is 1.56 bits per heavy atom. The first-order chi connectivity index (χ1) is 18.8. The fraction of sp³-hybridized carbons (Fsp3) is 0.455. The van der Waals surface area contributed by atoms with Crippen molar-refractivity contribution in [2.24, 2.45) is 0 Å². The summed E-state index contributed by atoms with van der Waals surface area (Å²) in [5, 5.41) is 0. The highest BCUT2D eigenvalue weighted by molar-refractivity contribution is 9.11. The smallest absolute Gasteiger partial charge is 0.129 e. The highest BCUT2D eigenvalue weighted by Crippen LogP contribution is 2.36. The highest BCUT2D eigenvalue weighted by Gasteiger charge is 2.09. The van der Waals surface area contributed by atoms with E-state index in [9.17, 15) is 0 Å². The zero-order valence-electron chi connectivity index (χ0n) is 24.2. The fourth-order valence-corrected chi connectivity index (χ4v) is 9.10. The van der Waals surface area contributed by atoms with Gasteiger partial charge in [-0.2, -0.15) is 0 Å². The molecule has 0 aliphatic rings. The molecule has 6 heteroatoms. The van der Waals surface area contributed by atoms with Crippen LogP contribution in [0.4, 0.5) is 0 Å². The maximum absolute atomic E-state index is 3.52. The molecule has 4 rings (SSSR count). The predicted octanol–water partition coefficient (Wildman–Crippen LogP) is 13.2. The van der Waals surface area contributed by atoms with Crippen LogP contribution in [-0.4, -0.2) is 8.07 Å². The quantitative estimate of drug-likeness (QED) is 0.0796. The molecule has 0 aromatic carbocycles. The molecule has 0 amide bonds. The summed E-state index contributed by atoms with van der Waals surface area (Å²) in [6.07, 6.45) is 13.2. The molecular weight excluding hydrogens is 633 g/mol. The SMILES string of the molecule is CCCCCCc1ccc(-c2ccc(Br)s2)s1.CCCCCCc1ccc(-c2ccc(C#C[Si](C)(C)C)s2)s1. The third-order valence-electron chi connectivity index (χ3n) is 6.10. The molecule has 0 bridgehead atoms. The normalized spacial score (nSPS) is 11.1. The van der Waals surface area contributed by atoms with Crippen molar-refractivity contribution < 1.29 is 0 Å². The van der Waals surface area contributed by atoms with Gasteiger partial charge < -0.3 is 0 Å². The first-order valence-electron chi connectivity index (χ1n) is 14.3. The molecule has 0 unspecified atom stereocenters. The van der Waals surface area contributed by atoms with E-state index in [1.54, 1.807) is 0 Å². The summed E-state index contributed by atoms with van der Waals surface area (Å²) in [5.41, 5.74) is 3.45. The lowest BCUT2D eigenvalue weighted by atomic mass is 10.1. The lowest BCUT2D eigenvalue weighted by Gasteiger charge is -2.02. The highest BCUT2D eigenvalue weighted by atomic mass is 79.9. The van der Waals surface area contributed by atoms with E-state index in [4.69, 9.17) is 0 Å². The summed E-state index contributed by atoms with van der Waals surface area (Å²) in [5.74, 6) is 3.36. The molecule has 4 heterocycles. The van der Waals surface area contributed by atoms with Gasteiger partial charge in [-0.3, -0.25) is 0 Å². The van der Waals surface area contributed by atoms with Crippen LogP contribution in [-0.2, 0) is 12.8 Å². The number of rotatable bonds is 12. The lowest BCUT2D eigenvalue weighted by Crippen LogP contribution is -2.16. The van der Waals surface area contributed by atoms with Gasteiger partial charge in [0, 0.05) is 29.3 Å². The minimum Gasteiger partial charge on any atom is -0.139 e.